The largest absolute Gasteiger partial charge is 0.310 e. The zero-order chi connectivity index (χ0) is 31.2. The molecular formula is C46H31N. The van der Waals surface area contributed by atoms with Crippen LogP contribution in [0.1, 0.15) is 0 Å². The number of hydrogen-bond donors (Lipinski definition) is 0. The molecule has 1 heteroatoms. The third-order valence-electron chi connectivity index (χ3n) is 9.35. The highest BCUT2D eigenvalue weighted by Crippen LogP contribution is 2.47. The van der Waals surface area contributed by atoms with Crippen LogP contribution in [0, 0.1) is 0 Å². The van der Waals surface area contributed by atoms with Crippen LogP contribution in [0.5, 0.6) is 0 Å². The molecule has 0 aliphatic carbocycles. The summed E-state index contributed by atoms with van der Waals surface area (Å²) in [6.45, 7) is 0. The van der Waals surface area contributed by atoms with Crippen molar-refractivity contribution in [3.63, 3.8) is 0 Å². The normalized spacial score (nSPS) is 11.4. The Labute approximate surface area is 274 Å². The number of fused-ring (bicyclic) bond motifs is 7. The molecule has 0 heterocycles. The van der Waals surface area contributed by atoms with Gasteiger partial charge in [0.15, 0.2) is 0 Å². The van der Waals surface area contributed by atoms with Gasteiger partial charge in [-0.3, -0.25) is 0 Å². The molecule has 0 amide bonds. The SMILES string of the molecule is c1ccc(-c2cc(-c3ccccc3)cc(N(c3ccccc3)c3cc4ccc5ccccc5c4c4c3ccc3ccccc34)c2)cc1. The Bertz CT molecular complexity index is 2490. The third kappa shape index (κ3) is 4.72. The van der Waals surface area contributed by atoms with Gasteiger partial charge in [-0.15, -0.1) is 0 Å². The van der Waals surface area contributed by atoms with Crippen LogP contribution in [-0.2, 0) is 0 Å². The summed E-state index contributed by atoms with van der Waals surface area (Å²) in [5.74, 6) is 0. The van der Waals surface area contributed by atoms with Gasteiger partial charge in [0.2, 0.25) is 0 Å². The molecule has 0 spiro atoms. The zero-order valence-electron chi connectivity index (χ0n) is 25.8. The topological polar surface area (TPSA) is 3.24 Å². The molecule has 0 fully saturated rings. The molecule has 0 aliphatic rings. The number of rotatable bonds is 5. The van der Waals surface area contributed by atoms with E-state index >= 15 is 0 Å². The summed E-state index contributed by atoms with van der Waals surface area (Å²) in [7, 11) is 0. The number of anilines is 3. The van der Waals surface area contributed by atoms with Crippen molar-refractivity contribution >= 4 is 60.2 Å². The predicted molar refractivity (Wildman–Crippen MR) is 202 cm³/mol. The Kier molecular flexibility index (Phi) is 6.54. The summed E-state index contributed by atoms with van der Waals surface area (Å²) < 4.78 is 0. The first-order chi connectivity index (χ1) is 23.3. The molecule has 9 aromatic carbocycles. The molecule has 220 valence electrons. The van der Waals surface area contributed by atoms with E-state index < -0.39 is 0 Å². The maximum Gasteiger partial charge on any atom is 0.0546 e. The molecule has 0 N–H and O–H groups in total. The molecular weight excluding hydrogens is 567 g/mol. The smallest absolute Gasteiger partial charge is 0.0546 e. The second-order valence-corrected chi connectivity index (χ2v) is 12.2. The van der Waals surface area contributed by atoms with Gasteiger partial charge in [-0.05, 0) is 91.0 Å². The van der Waals surface area contributed by atoms with Gasteiger partial charge in [-0.2, -0.15) is 0 Å². The van der Waals surface area contributed by atoms with E-state index in [2.05, 4.69) is 193 Å². The summed E-state index contributed by atoms with van der Waals surface area (Å²) in [6, 6.07) is 68.3. The van der Waals surface area contributed by atoms with Crippen LogP contribution >= 0.6 is 0 Å². The lowest BCUT2D eigenvalue weighted by atomic mass is 9.91. The van der Waals surface area contributed by atoms with Gasteiger partial charge in [-0.25, -0.2) is 0 Å². The fourth-order valence-electron chi connectivity index (χ4n) is 7.19. The summed E-state index contributed by atoms with van der Waals surface area (Å²) in [5.41, 5.74) is 8.15. The van der Waals surface area contributed by atoms with Crippen LogP contribution in [0.25, 0.3) is 65.3 Å². The van der Waals surface area contributed by atoms with Gasteiger partial charge >= 0.3 is 0 Å². The van der Waals surface area contributed by atoms with E-state index in [0.29, 0.717) is 0 Å². The van der Waals surface area contributed by atoms with Crippen molar-refractivity contribution in [3.05, 3.63) is 188 Å². The Hall–Kier alpha value is -6.18. The van der Waals surface area contributed by atoms with E-state index in [4.69, 9.17) is 0 Å². The third-order valence-corrected chi connectivity index (χ3v) is 9.35. The second kappa shape index (κ2) is 11.3. The van der Waals surface area contributed by atoms with Crippen molar-refractivity contribution in [3.8, 4) is 22.3 Å². The molecule has 0 aromatic heterocycles. The van der Waals surface area contributed by atoms with E-state index in [1.807, 2.05) is 0 Å². The summed E-state index contributed by atoms with van der Waals surface area (Å²) >= 11 is 0. The highest BCUT2D eigenvalue weighted by molar-refractivity contribution is 6.30. The minimum atomic E-state index is 1.12. The Morgan fingerprint density at radius 2 is 0.766 bits per heavy atom. The van der Waals surface area contributed by atoms with Crippen molar-refractivity contribution in [1.82, 2.24) is 0 Å². The molecule has 9 rings (SSSR count). The first-order valence-electron chi connectivity index (χ1n) is 16.2. The van der Waals surface area contributed by atoms with Crippen LogP contribution < -0.4 is 4.90 Å². The Morgan fingerprint density at radius 3 is 1.38 bits per heavy atom. The fourth-order valence-corrected chi connectivity index (χ4v) is 7.19. The predicted octanol–water partition coefficient (Wildman–Crippen LogP) is 13.1. The molecule has 0 saturated carbocycles. The van der Waals surface area contributed by atoms with E-state index in [0.717, 1.165) is 17.1 Å². The summed E-state index contributed by atoms with van der Waals surface area (Å²) in [5, 5.41) is 10.1. The number of nitrogens with zero attached hydrogens (tertiary/aromatic N) is 1. The van der Waals surface area contributed by atoms with E-state index in [-0.39, 0.29) is 0 Å². The highest BCUT2D eigenvalue weighted by Gasteiger charge is 2.21. The van der Waals surface area contributed by atoms with Gasteiger partial charge in [0.25, 0.3) is 0 Å². The zero-order valence-corrected chi connectivity index (χ0v) is 25.8. The van der Waals surface area contributed by atoms with Crippen molar-refractivity contribution < 1.29 is 0 Å². The lowest BCUT2D eigenvalue weighted by Crippen LogP contribution is -2.11. The highest BCUT2D eigenvalue weighted by atomic mass is 15.1. The van der Waals surface area contributed by atoms with Gasteiger partial charge < -0.3 is 4.90 Å². The van der Waals surface area contributed by atoms with Crippen LogP contribution in [-0.4, -0.2) is 0 Å². The first-order valence-corrected chi connectivity index (χ1v) is 16.2. The van der Waals surface area contributed by atoms with Crippen molar-refractivity contribution in [1.29, 1.82) is 0 Å². The Morgan fingerprint density at radius 1 is 0.277 bits per heavy atom. The van der Waals surface area contributed by atoms with E-state index in [1.165, 1.54) is 65.3 Å². The fraction of sp³-hybridized carbons (Fsp3) is 0. The maximum absolute atomic E-state index is 2.45. The standard InChI is InChI=1S/C46H31N/c1-4-14-32(15-5-1)37-28-38(33-16-6-2-7-17-33)30-40(29-37)47(39-20-8-3-9-21-39)44-31-36-25-24-34-18-10-12-22-41(34)45(36)46-42-23-13-11-19-35(42)26-27-43(44)46/h1-31H. The molecule has 0 saturated heterocycles. The quantitative estimate of drug-likeness (QED) is 0.178. The van der Waals surface area contributed by atoms with Crippen LogP contribution in [0.15, 0.2) is 188 Å². The molecule has 0 unspecified atom stereocenters. The summed E-state index contributed by atoms with van der Waals surface area (Å²) in [6.07, 6.45) is 0. The molecule has 0 radical (unpaired) electrons. The molecule has 0 bridgehead atoms. The van der Waals surface area contributed by atoms with Crippen molar-refractivity contribution in [2.24, 2.45) is 0 Å². The van der Waals surface area contributed by atoms with Gasteiger partial charge in [0.05, 0.1) is 5.69 Å². The average Bonchev–Trinajstić information content (AvgIpc) is 3.15. The summed E-state index contributed by atoms with van der Waals surface area (Å²) in [4.78, 5) is 2.45. The molecule has 1 nitrogen and oxygen atoms in total. The number of hydrogen-bond acceptors (Lipinski definition) is 1. The van der Waals surface area contributed by atoms with Crippen molar-refractivity contribution in [2.75, 3.05) is 4.90 Å². The Balaban J connectivity index is 1.41. The van der Waals surface area contributed by atoms with E-state index in [1.54, 1.807) is 0 Å². The molecule has 0 atom stereocenters. The van der Waals surface area contributed by atoms with Gasteiger partial charge in [0, 0.05) is 22.1 Å². The molecule has 47 heavy (non-hydrogen) atoms. The van der Waals surface area contributed by atoms with Gasteiger partial charge in [0.1, 0.15) is 0 Å². The number of benzene rings is 9. The lowest BCUT2D eigenvalue weighted by Gasteiger charge is -2.29. The lowest BCUT2D eigenvalue weighted by molar-refractivity contribution is 1.30. The van der Waals surface area contributed by atoms with Crippen LogP contribution in [0.4, 0.5) is 17.1 Å². The first kappa shape index (κ1) is 27.2. The second-order valence-electron chi connectivity index (χ2n) is 12.2. The monoisotopic (exact) mass is 597 g/mol. The molecule has 9 aromatic rings. The van der Waals surface area contributed by atoms with Crippen LogP contribution in [0.3, 0.4) is 0 Å². The minimum Gasteiger partial charge on any atom is -0.310 e. The van der Waals surface area contributed by atoms with Crippen LogP contribution in [0.2, 0.25) is 0 Å². The van der Waals surface area contributed by atoms with Crippen molar-refractivity contribution in [2.45, 2.75) is 0 Å². The number of para-hydroxylation sites is 1. The molecule has 0 aliphatic heterocycles. The van der Waals surface area contributed by atoms with Gasteiger partial charge in [-0.1, -0.05) is 152 Å². The maximum atomic E-state index is 2.45. The average molecular weight is 598 g/mol. The van der Waals surface area contributed by atoms with E-state index in [9.17, 15) is 0 Å². The minimum absolute atomic E-state index is 1.12.